The maximum atomic E-state index is 10.9. The highest BCUT2D eigenvalue weighted by atomic mass is 35.5. The van der Waals surface area contributed by atoms with Crippen molar-refractivity contribution in [3.63, 3.8) is 0 Å². The van der Waals surface area contributed by atoms with E-state index < -0.39 is 5.97 Å². The second-order valence-electron chi connectivity index (χ2n) is 4.61. The minimum atomic E-state index is -1.02. The maximum absolute atomic E-state index is 10.9. The standard InChI is InChI=1S/C16H11ClN2O4/c17-13-7-2-1-6-12(13)15-18-14(23-19-15)9-22-11-5-3-4-10(8-11)16(20)21/h1-8H,9H2,(H,20,21). The molecule has 3 aromatic rings. The molecule has 0 atom stereocenters. The van der Waals surface area contributed by atoms with Gasteiger partial charge in [0.05, 0.1) is 10.6 Å². The normalized spacial score (nSPS) is 10.5. The molecule has 0 aliphatic rings. The van der Waals surface area contributed by atoms with Crippen LogP contribution in [-0.2, 0) is 6.61 Å². The molecule has 1 aromatic heterocycles. The highest BCUT2D eigenvalue weighted by molar-refractivity contribution is 6.33. The Balaban J connectivity index is 1.72. The molecule has 3 rings (SSSR count). The topological polar surface area (TPSA) is 85.5 Å². The van der Waals surface area contributed by atoms with Gasteiger partial charge in [0.15, 0.2) is 6.61 Å². The molecule has 0 radical (unpaired) electrons. The van der Waals surface area contributed by atoms with Crippen LogP contribution < -0.4 is 4.74 Å². The van der Waals surface area contributed by atoms with Crippen molar-refractivity contribution in [3.8, 4) is 17.1 Å². The SMILES string of the molecule is O=C(O)c1cccc(OCc2nc(-c3ccccc3Cl)no2)c1. The van der Waals surface area contributed by atoms with Crippen LogP contribution in [0.4, 0.5) is 0 Å². The fourth-order valence-electron chi connectivity index (χ4n) is 1.93. The summed E-state index contributed by atoms with van der Waals surface area (Å²) in [4.78, 5) is 15.1. The van der Waals surface area contributed by atoms with Gasteiger partial charge < -0.3 is 14.4 Å². The Labute approximate surface area is 136 Å². The van der Waals surface area contributed by atoms with Gasteiger partial charge in [0.1, 0.15) is 5.75 Å². The van der Waals surface area contributed by atoms with E-state index in [9.17, 15) is 4.79 Å². The lowest BCUT2D eigenvalue weighted by molar-refractivity contribution is 0.0696. The molecular formula is C16H11ClN2O4. The number of halogens is 1. The van der Waals surface area contributed by atoms with Crippen LogP contribution in [0.1, 0.15) is 16.2 Å². The van der Waals surface area contributed by atoms with E-state index in [1.807, 2.05) is 12.1 Å². The largest absolute Gasteiger partial charge is 0.484 e. The van der Waals surface area contributed by atoms with E-state index in [-0.39, 0.29) is 18.1 Å². The van der Waals surface area contributed by atoms with Crippen molar-refractivity contribution in [1.29, 1.82) is 0 Å². The smallest absolute Gasteiger partial charge is 0.335 e. The molecule has 0 amide bonds. The molecule has 0 spiro atoms. The number of hydrogen-bond acceptors (Lipinski definition) is 5. The summed E-state index contributed by atoms with van der Waals surface area (Å²) in [7, 11) is 0. The van der Waals surface area contributed by atoms with Gasteiger partial charge in [-0.15, -0.1) is 0 Å². The quantitative estimate of drug-likeness (QED) is 0.768. The van der Waals surface area contributed by atoms with Crippen molar-refractivity contribution < 1.29 is 19.2 Å². The number of carbonyl (C=O) groups is 1. The Bertz CT molecular complexity index is 847. The number of benzene rings is 2. The van der Waals surface area contributed by atoms with Crippen molar-refractivity contribution in [2.24, 2.45) is 0 Å². The van der Waals surface area contributed by atoms with Crippen LogP contribution in [0, 0.1) is 0 Å². The lowest BCUT2D eigenvalue weighted by Gasteiger charge is -2.03. The number of ether oxygens (including phenoxy) is 1. The summed E-state index contributed by atoms with van der Waals surface area (Å²) in [5.74, 6) is 0.0192. The first-order valence-corrected chi connectivity index (χ1v) is 7.05. The molecule has 0 bridgehead atoms. The molecule has 1 heterocycles. The average Bonchev–Trinajstić information content (AvgIpc) is 3.02. The lowest BCUT2D eigenvalue weighted by atomic mass is 10.2. The second-order valence-corrected chi connectivity index (χ2v) is 5.02. The monoisotopic (exact) mass is 330 g/mol. The summed E-state index contributed by atoms with van der Waals surface area (Å²) in [5, 5.41) is 13.3. The van der Waals surface area contributed by atoms with Crippen LogP contribution in [0.3, 0.4) is 0 Å². The van der Waals surface area contributed by atoms with E-state index in [2.05, 4.69) is 10.1 Å². The molecule has 0 aliphatic heterocycles. The first kappa shape index (κ1) is 15.1. The maximum Gasteiger partial charge on any atom is 0.335 e. The van der Waals surface area contributed by atoms with Crippen LogP contribution in [0.5, 0.6) is 5.75 Å². The molecular weight excluding hydrogens is 320 g/mol. The Morgan fingerprint density at radius 1 is 1.22 bits per heavy atom. The Morgan fingerprint density at radius 3 is 2.83 bits per heavy atom. The minimum absolute atomic E-state index is 0.0283. The summed E-state index contributed by atoms with van der Waals surface area (Å²) < 4.78 is 10.6. The molecule has 0 saturated heterocycles. The molecule has 7 heteroatoms. The summed E-state index contributed by atoms with van der Waals surface area (Å²) in [5.41, 5.74) is 0.807. The predicted molar refractivity (Wildman–Crippen MR) is 82.5 cm³/mol. The number of nitrogens with zero attached hydrogens (tertiary/aromatic N) is 2. The number of carboxylic acids is 1. The molecule has 116 valence electrons. The third kappa shape index (κ3) is 3.49. The van der Waals surface area contributed by atoms with Crippen molar-refractivity contribution in [1.82, 2.24) is 10.1 Å². The van der Waals surface area contributed by atoms with Gasteiger partial charge in [-0.25, -0.2) is 4.79 Å². The number of hydrogen-bond donors (Lipinski definition) is 1. The molecule has 0 aliphatic carbocycles. The third-order valence-corrected chi connectivity index (χ3v) is 3.36. The predicted octanol–water partition coefficient (Wildman–Crippen LogP) is 3.67. The molecule has 23 heavy (non-hydrogen) atoms. The fourth-order valence-corrected chi connectivity index (χ4v) is 2.15. The highest BCUT2D eigenvalue weighted by Crippen LogP contribution is 2.25. The van der Waals surface area contributed by atoms with Crippen LogP contribution >= 0.6 is 11.6 Å². The molecule has 2 aromatic carbocycles. The molecule has 6 nitrogen and oxygen atoms in total. The van der Waals surface area contributed by atoms with Crippen molar-refractivity contribution in [2.45, 2.75) is 6.61 Å². The van der Waals surface area contributed by atoms with Gasteiger partial charge in [-0.3, -0.25) is 0 Å². The number of carboxylic acid groups (broad SMARTS) is 1. The van der Waals surface area contributed by atoms with Gasteiger partial charge >= 0.3 is 5.97 Å². The first-order valence-electron chi connectivity index (χ1n) is 6.67. The number of aromatic nitrogens is 2. The van der Waals surface area contributed by atoms with E-state index in [0.717, 1.165) is 0 Å². The van der Waals surface area contributed by atoms with Gasteiger partial charge in [0.25, 0.3) is 5.89 Å². The van der Waals surface area contributed by atoms with Crippen LogP contribution in [0.25, 0.3) is 11.4 Å². The summed E-state index contributed by atoms with van der Waals surface area (Å²) in [6.07, 6.45) is 0. The van der Waals surface area contributed by atoms with E-state index in [1.165, 1.54) is 12.1 Å². The fraction of sp³-hybridized carbons (Fsp3) is 0.0625. The van der Waals surface area contributed by atoms with E-state index in [4.69, 9.17) is 26.0 Å². The summed E-state index contributed by atoms with van der Waals surface area (Å²) >= 11 is 6.08. The van der Waals surface area contributed by atoms with Crippen molar-refractivity contribution >= 4 is 17.6 Å². The highest BCUT2D eigenvalue weighted by Gasteiger charge is 2.12. The molecule has 0 fully saturated rings. The average molecular weight is 331 g/mol. The van der Waals surface area contributed by atoms with Crippen LogP contribution in [0.15, 0.2) is 53.1 Å². The first-order chi connectivity index (χ1) is 11.1. The van der Waals surface area contributed by atoms with E-state index >= 15 is 0 Å². The molecule has 0 unspecified atom stereocenters. The van der Waals surface area contributed by atoms with Gasteiger partial charge in [-0.2, -0.15) is 4.98 Å². The van der Waals surface area contributed by atoms with E-state index in [0.29, 0.717) is 22.2 Å². The Morgan fingerprint density at radius 2 is 2.04 bits per heavy atom. The van der Waals surface area contributed by atoms with Crippen molar-refractivity contribution in [2.75, 3.05) is 0 Å². The zero-order chi connectivity index (χ0) is 16.2. The zero-order valence-electron chi connectivity index (χ0n) is 11.8. The lowest BCUT2D eigenvalue weighted by Crippen LogP contribution is -1.99. The van der Waals surface area contributed by atoms with E-state index in [1.54, 1.807) is 24.3 Å². The van der Waals surface area contributed by atoms with Gasteiger partial charge in [0.2, 0.25) is 5.82 Å². The third-order valence-electron chi connectivity index (χ3n) is 3.03. The van der Waals surface area contributed by atoms with Gasteiger partial charge in [-0.1, -0.05) is 35.0 Å². The Hall–Kier alpha value is -2.86. The number of rotatable bonds is 5. The van der Waals surface area contributed by atoms with Gasteiger partial charge in [-0.05, 0) is 30.3 Å². The zero-order valence-corrected chi connectivity index (χ0v) is 12.5. The molecule has 0 saturated carbocycles. The second kappa shape index (κ2) is 6.50. The summed E-state index contributed by atoms with van der Waals surface area (Å²) in [6, 6.07) is 13.3. The Kier molecular flexibility index (Phi) is 4.25. The van der Waals surface area contributed by atoms with Gasteiger partial charge in [0, 0.05) is 5.56 Å². The van der Waals surface area contributed by atoms with Crippen LogP contribution in [-0.4, -0.2) is 21.2 Å². The van der Waals surface area contributed by atoms with Crippen LogP contribution in [0.2, 0.25) is 5.02 Å². The number of aromatic carboxylic acids is 1. The van der Waals surface area contributed by atoms with Crippen molar-refractivity contribution in [3.05, 3.63) is 65.0 Å². The minimum Gasteiger partial charge on any atom is -0.484 e. The summed E-state index contributed by atoms with van der Waals surface area (Å²) in [6.45, 7) is 0.0283. The molecule has 1 N–H and O–H groups in total.